The molecule has 0 bridgehead atoms. The van der Waals surface area contributed by atoms with Crippen LogP contribution in [-0.4, -0.2) is 60.0 Å². The number of benzene rings is 1. The Balaban J connectivity index is 1.44. The second-order valence-electron chi connectivity index (χ2n) is 7.73. The molecule has 156 valence electrons. The van der Waals surface area contributed by atoms with E-state index >= 15 is 0 Å². The Bertz CT molecular complexity index is 881. The highest BCUT2D eigenvalue weighted by Crippen LogP contribution is 2.41. The summed E-state index contributed by atoms with van der Waals surface area (Å²) < 4.78 is 27.5. The molecule has 2 aliphatic heterocycles. The van der Waals surface area contributed by atoms with Crippen molar-refractivity contribution in [2.75, 3.05) is 33.5 Å². The average molecular weight is 403 g/mol. The molecule has 1 atom stereocenters. The molecule has 2 aromatic rings. The van der Waals surface area contributed by atoms with E-state index in [1.165, 1.54) is 0 Å². The zero-order valence-electron chi connectivity index (χ0n) is 16.8. The highest BCUT2D eigenvalue weighted by atomic mass is 16.5. The van der Waals surface area contributed by atoms with Gasteiger partial charge in [-0.15, -0.1) is 0 Å². The normalized spacial score (nSPS) is 20.2. The summed E-state index contributed by atoms with van der Waals surface area (Å²) in [5.74, 6) is 1.87. The van der Waals surface area contributed by atoms with E-state index in [0.717, 1.165) is 12.0 Å². The van der Waals surface area contributed by atoms with Crippen molar-refractivity contribution >= 4 is 5.91 Å². The van der Waals surface area contributed by atoms with Crippen LogP contribution in [-0.2, 0) is 27.3 Å². The first-order valence-electron chi connectivity index (χ1n) is 9.59. The maximum absolute atomic E-state index is 12.9. The van der Waals surface area contributed by atoms with Gasteiger partial charge in [0.2, 0.25) is 0 Å². The van der Waals surface area contributed by atoms with Crippen molar-refractivity contribution < 1.29 is 28.3 Å². The number of ether oxygens (including phenoxy) is 4. The van der Waals surface area contributed by atoms with Gasteiger partial charge in [-0.3, -0.25) is 4.79 Å². The molecule has 9 heteroatoms. The van der Waals surface area contributed by atoms with Crippen molar-refractivity contribution in [1.29, 1.82) is 0 Å². The maximum Gasteiger partial charge on any atom is 0.261 e. The molecule has 1 saturated heterocycles. The molecular formula is C20H25N3O6. The van der Waals surface area contributed by atoms with Gasteiger partial charge in [-0.2, -0.15) is 4.98 Å². The first-order chi connectivity index (χ1) is 14.0. The van der Waals surface area contributed by atoms with Crippen molar-refractivity contribution in [2.45, 2.75) is 38.5 Å². The van der Waals surface area contributed by atoms with Crippen molar-refractivity contribution in [3.8, 4) is 11.5 Å². The number of amides is 1. The van der Waals surface area contributed by atoms with Crippen molar-refractivity contribution in [2.24, 2.45) is 0 Å². The fourth-order valence-electron chi connectivity index (χ4n) is 3.63. The summed E-state index contributed by atoms with van der Waals surface area (Å²) in [5.41, 5.74) is 0.807. The second-order valence-corrected chi connectivity index (χ2v) is 7.73. The molecule has 1 fully saturated rings. The Morgan fingerprint density at radius 1 is 1.38 bits per heavy atom. The van der Waals surface area contributed by atoms with Crippen molar-refractivity contribution in [3.05, 3.63) is 35.5 Å². The summed E-state index contributed by atoms with van der Waals surface area (Å²) in [6, 6.07) is 5.33. The van der Waals surface area contributed by atoms with Crippen LogP contribution in [0.15, 0.2) is 22.7 Å². The molecule has 0 N–H and O–H groups in total. The zero-order chi connectivity index (χ0) is 20.4. The predicted octanol–water partition coefficient (Wildman–Crippen LogP) is 1.91. The van der Waals surface area contributed by atoms with E-state index in [0.29, 0.717) is 43.0 Å². The van der Waals surface area contributed by atoms with E-state index in [-0.39, 0.29) is 24.7 Å². The second kappa shape index (κ2) is 8.00. The van der Waals surface area contributed by atoms with E-state index in [2.05, 4.69) is 10.1 Å². The van der Waals surface area contributed by atoms with Gasteiger partial charge in [0.1, 0.15) is 18.2 Å². The average Bonchev–Trinajstić information content (AvgIpc) is 3.29. The Kier molecular flexibility index (Phi) is 5.42. The van der Waals surface area contributed by atoms with Crippen LogP contribution in [0.25, 0.3) is 0 Å². The number of hydrogen-bond donors (Lipinski definition) is 0. The third kappa shape index (κ3) is 4.20. The Morgan fingerprint density at radius 3 is 3.07 bits per heavy atom. The van der Waals surface area contributed by atoms with Crippen LogP contribution in [0.1, 0.15) is 37.2 Å². The standard InChI is InChI=1S/C20H25N3O6/c1-20(2)9-13-5-4-6-15(18(13)28-20)27-12-17(24)23-7-8-26-10-14(23)19-21-16(11-25-3)29-22-19/h4-6,14H,7-12H2,1-3H3/t14-/m0/s1. The lowest BCUT2D eigenvalue weighted by Crippen LogP contribution is -2.45. The monoisotopic (exact) mass is 403 g/mol. The number of para-hydroxylation sites is 1. The lowest BCUT2D eigenvalue weighted by atomic mass is 10.0. The van der Waals surface area contributed by atoms with E-state index in [9.17, 15) is 4.79 Å². The first kappa shape index (κ1) is 19.7. The molecule has 0 radical (unpaired) electrons. The Hall–Kier alpha value is -2.65. The summed E-state index contributed by atoms with van der Waals surface area (Å²) in [4.78, 5) is 18.9. The minimum Gasteiger partial charge on any atom is -0.483 e. The minimum absolute atomic E-state index is 0.112. The number of aromatic nitrogens is 2. The number of carbonyl (C=O) groups excluding carboxylic acids is 1. The molecule has 0 aliphatic carbocycles. The fraction of sp³-hybridized carbons (Fsp3) is 0.550. The number of rotatable bonds is 6. The molecule has 0 saturated carbocycles. The third-order valence-electron chi connectivity index (χ3n) is 4.90. The predicted molar refractivity (Wildman–Crippen MR) is 101 cm³/mol. The highest BCUT2D eigenvalue weighted by molar-refractivity contribution is 5.78. The van der Waals surface area contributed by atoms with Gasteiger partial charge in [-0.1, -0.05) is 17.3 Å². The van der Waals surface area contributed by atoms with Gasteiger partial charge in [-0.05, 0) is 19.9 Å². The zero-order valence-corrected chi connectivity index (χ0v) is 16.8. The van der Waals surface area contributed by atoms with Crippen molar-refractivity contribution in [3.63, 3.8) is 0 Å². The largest absolute Gasteiger partial charge is 0.483 e. The maximum atomic E-state index is 12.9. The molecular weight excluding hydrogens is 378 g/mol. The summed E-state index contributed by atoms with van der Waals surface area (Å²) in [7, 11) is 1.55. The lowest BCUT2D eigenvalue weighted by molar-refractivity contribution is -0.142. The van der Waals surface area contributed by atoms with Crippen LogP contribution in [0.5, 0.6) is 11.5 Å². The molecule has 4 rings (SSSR count). The van der Waals surface area contributed by atoms with Crippen LogP contribution in [0.2, 0.25) is 0 Å². The van der Waals surface area contributed by atoms with E-state index in [4.69, 9.17) is 23.5 Å². The van der Waals surface area contributed by atoms with Crippen LogP contribution < -0.4 is 9.47 Å². The van der Waals surface area contributed by atoms with Crippen LogP contribution >= 0.6 is 0 Å². The quantitative estimate of drug-likeness (QED) is 0.722. The summed E-state index contributed by atoms with van der Waals surface area (Å²) >= 11 is 0. The lowest BCUT2D eigenvalue weighted by Gasteiger charge is -2.33. The first-order valence-corrected chi connectivity index (χ1v) is 9.59. The molecule has 1 aromatic carbocycles. The Morgan fingerprint density at radius 2 is 2.24 bits per heavy atom. The number of methoxy groups -OCH3 is 1. The molecule has 1 amide bonds. The molecule has 0 spiro atoms. The summed E-state index contributed by atoms with van der Waals surface area (Å²) in [5, 5.41) is 3.97. The van der Waals surface area contributed by atoms with E-state index in [1.807, 2.05) is 32.0 Å². The van der Waals surface area contributed by atoms with Gasteiger partial charge >= 0.3 is 0 Å². The smallest absolute Gasteiger partial charge is 0.261 e. The van der Waals surface area contributed by atoms with Gasteiger partial charge in [0.25, 0.3) is 11.8 Å². The van der Waals surface area contributed by atoms with Crippen LogP contribution in [0, 0.1) is 0 Å². The number of carbonyl (C=O) groups is 1. The van der Waals surface area contributed by atoms with Gasteiger partial charge in [-0.25, -0.2) is 0 Å². The number of fused-ring (bicyclic) bond motifs is 1. The van der Waals surface area contributed by atoms with E-state index < -0.39 is 6.04 Å². The topological polar surface area (TPSA) is 96.2 Å². The third-order valence-corrected chi connectivity index (χ3v) is 4.90. The fourth-order valence-corrected chi connectivity index (χ4v) is 3.63. The van der Waals surface area contributed by atoms with Gasteiger partial charge in [0.05, 0.1) is 13.2 Å². The highest BCUT2D eigenvalue weighted by Gasteiger charge is 2.34. The molecule has 9 nitrogen and oxygen atoms in total. The SMILES string of the molecule is COCc1nc([C@@H]2COCCN2C(=O)COc2cccc3c2OC(C)(C)C3)no1. The van der Waals surface area contributed by atoms with Gasteiger partial charge in [0, 0.05) is 25.6 Å². The number of hydrogen-bond acceptors (Lipinski definition) is 8. The number of morpholine rings is 1. The van der Waals surface area contributed by atoms with Crippen molar-refractivity contribution in [1.82, 2.24) is 15.0 Å². The molecule has 2 aliphatic rings. The Labute approximate surface area is 168 Å². The van der Waals surface area contributed by atoms with Gasteiger partial charge < -0.3 is 28.4 Å². The van der Waals surface area contributed by atoms with Crippen LogP contribution in [0.3, 0.4) is 0 Å². The molecule has 1 aromatic heterocycles. The van der Waals surface area contributed by atoms with Crippen LogP contribution in [0.4, 0.5) is 0 Å². The summed E-state index contributed by atoms with van der Waals surface area (Å²) in [6.07, 6.45) is 0.806. The minimum atomic E-state index is -0.425. The molecule has 29 heavy (non-hydrogen) atoms. The summed E-state index contributed by atoms with van der Waals surface area (Å²) in [6.45, 7) is 5.34. The van der Waals surface area contributed by atoms with Gasteiger partial charge in [0.15, 0.2) is 23.9 Å². The molecule has 0 unspecified atom stereocenters. The van der Waals surface area contributed by atoms with E-state index in [1.54, 1.807) is 12.0 Å². The number of nitrogens with zero attached hydrogens (tertiary/aromatic N) is 3. The molecule has 3 heterocycles.